The van der Waals surface area contributed by atoms with Crippen molar-refractivity contribution < 1.29 is 4.79 Å². The smallest absolute Gasteiger partial charge is 0.272 e. The van der Waals surface area contributed by atoms with Crippen molar-refractivity contribution >= 4 is 11.6 Å². The zero-order valence-corrected chi connectivity index (χ0v) is 8.44. The molecule has 0 bridgehead atoms. The second kappa shape index (κ2) is 4.44. The number of hydrogen-bond donors (Lipinski definition) is 2. The zero-order valence-electron chi connectivity index (χ0n) is 8.44. The van der Waals surface area contributed by atoms with E-state index in [1.54, 1.807) is 12.1 Å². The number of carbonyl (C=O) groups excluding carboxylic acids is 1. The molecule has 0 spiro atoms. The van der Waals surface area contributed by atoms with Gasteiger partial charge in [0.1, 0.15) is 5.69 Å². The Bertz CT molecular complexity index is 546. The summed E-state index contributed by atoms with van der Waals surface area (Å²) in [7, 11) is 0. The summed E-state index contributed by atoms with van der Waals surface area (Å²) >= 11 is 0. The molecule has 0 radical (unpaired) electrons. The number of hydrogen-bond acceptors (Lipinski definition) is 2. The molecule has 1 aromatic carbocycles. The van der Waals surface area contributed by atoms with Crippen molar-refractivity contribution in [1.82, 2.24) is 4.98 Å². The van der Waals surface area contributed by atoms with Gasteiger partial charge in [0.05, 0.1) is 0 Å². The van der Waals surface area contributed by atoms with Crippen LogP contribution in [-0.4, -0.2) is 10.9 Å². The van der Waals surface area contributed by atoms with Crippen LogP contribution in [0.25, 0.3) is 0 Å². The van der Waals surface area contributed by atoms with Crippen molar-refractivity contribution in [3.05, 3.63) is 64.6 Å². The van der Waals surface area contributed by atoms with Crippen LogP contribution >= 0.6 is 0 Å². The van der Waals surface area contributed by atoms with E-state index in [9.17, 15) is 9.59 Å². The Kier molecular flexibility index (Phi) is 2.82. The Morgan fingerprint density at radius 3 is 2.56 bits per heavy atom. The molecule has 16 heavy (non-hydrogen) atoms. The lowest BCUT2D eigenvalue weighted by atomic mass is 10.3. The van der Waals surface area contributed by atoms with Crippen molar-refractivity contribution in [3.8, 4) is 0 Å². The number of H-pyrrole nitrogens is 1. The van der Waals surface area contributed by atoms with Gasteiger partial charge in [-0.15, -0.1) is 0 Å². The van der Waals surface area contributed by atoms with Crippen LogP contribution in [0.3, 0.4) is 0 Å². The third kappa shape index (κ3) is 2.36. The largest absolute Gasteiger partial charge is 0.357 e. The molecule has 1 amide bonds. The monoisotopic (exact) mass is 214 g/mol. The number of nitrogens with one attached hydrogen (secondary N) is 2. The van der Waals surface area contributed by atoms with Crippen LogP contribution in [0, 0.1) is 0 Å². The summed E-state index contributed by atoms with van der Waals surface area (Å²) in [6.07, 6.45) is 1.45. The first kappa shape index (κ1) is 10.2. The molecule has 4 heteroatoms. The minimum Gasteiger partial charge on any atom is -0.357 e. The van der Waals surface area contributed by atoms with Crippen LogP contribution in [0.5, 0.6) is 0 Å². The second-order valence-corrected chi connectivity index (χ2v) is 3.26. The lowest BCUT2D eigenvalue weighted by Gasteiger charge is -2.03. The van der Waals surface area contributed by atoms with Gasteiger partial charge in [-0.3, -0.25) is 9.59 Å². The zero-order chi connectivity index (χ0) is 11.4. The van der Waals surface area contributed by atoms with Crippen LogP contribution in [-0.2, 0) is 0 Å². The molecule has 2 N–H and O–H groups in total. The molecule has 1 heterocycles. The van der Waals surface area contributed by atoms with Gasteiger partial charge in [0.2, 0.25) is 0 Å². The fourth-order valence-electron chi connectivity index (χ4n) is 1.30. The van der Waals surface area contributed by atoms with E-state index in [1.807, 2.05) is 18.2 Å². The van der Waals surface area contributed by atoms with Gasteiger partial charge in [-0.25, -0.2) is 0 Å². The summed E-state index contributed by atoms with van der Waals surface area (Å²) in [5, 5.41) is 2.68. The molecule has 80 valence electrons. The first-order valence-corrected chi connectivity index (χ1v) is 4.81. The third-order valence-corrected chi connectivity index (χ3v) is 2.05. The number of rotatable bonds is 2. The van der Waals surface area contributed by atoms with Crippen LogP contribution in [0.4, 0.5) is 5.69 Å². The number of aromatic amines is 1. The van der Waals surface area contributed by atoms with E-state index in [0.717, 1.165) is 0 Å². The maximum Gasteiger partial charge on any atom is 0.272 e. The number of aromatic nitrogens is 1. The minimum atomic E-state index is -0.330. The van der Waals surface area contributed by atoms with E-state index in [4.69, 9.17) is 0 Å². The lowest BCUT2D eigenvalue weighted by Crippen LogP contribution is -2.15. The molecule has 0 aliphatic carbocycles. The number of para-hydroxylation sites is 1. The predicted molar refractivity (Wildman–Crippen MR) is 61.5 cm³/mol. The highest BCUT2D eigenvalue weighted by Gasteiger charge is 2.05. The van der Waals surface area contributed by atoms with Crippen LogP contribution in [0.15, 0.2) is 53.5 Å². The van der Waals surface area contributed by atoms with E-state index in [1.165, 1.54) is 18.3 Å². The number of pyridine rings is 1. The van der Waals surface area contributed by atoms with Gasteiger partial charge in [-0.05, 0) is 12.1 Å². The van der Waals surface area contributed by atoms with Crippen molar-refractivity contribution in [3.63, 3.8) is 0 Å². The average molecular weight is 214 g/mol. The Morgan fingerprint density at radius 1 is 1.12 bits per heavy atom. The van der Waals surface area contributed by atoms with Gasteiger partial charge >= 0.3 is 0 Å². The lowest BCUT2D eigenvalue weighted by molar-refractivity contribution is 0.102. The average Bonchev–Trinajstić information content (AvgIpc) is 2.30. The first-order valence-electron chi connectivity index (χ1n) is 4.81. The summed E-state index contributed by atoms with van der Waals surface area (Å²) in [4.78, 5) is 25.4. The second-order valence-electron chi connectivity index (χ2n) is 3.26. The molecule has 0 aliphatic rings. The molecular weight excluding hydrogens is 204 g/mol. The number of anilines is 1. The SMILES string of the molecule is O=C(Nc1ccccc1)c1cc(=O)cc[nH]1. The van der Waals surface area contributed by atoms with Crippen molar-refractivity contribution in [1.29, 1.82) is 0 Å². The van der Waals surface area contributed by atoms with E-state index in [-0.39, 0.29) is 17.0 Å². The maximum atomic E-state index is 11.7. The van der Waals surface area contributed by atoms with Gasteiger partial charge in [-0.2, -0.15) is 0 Å². The van der Waals surface area contributed by atoms with E-state index in [2.05, 4.69) is 10.3 Å². The van der Waals surface area contributed by atoms with E-state index < -0.39 is 0 Å². The summed E-state index contributed by atoms with van der Waals surface area (Å²) in [5.41, 5.74) is 0.741. The fraction of sp³-hybridized carbons (Fsp3) is 0. The Morgan fingerprint density at radius 2 is 1.88 bits per heavy atom. The summed E-state index contributed by atoms with van der Waals surface area (Å²) in [6.45, 7) is 0. The van der Waals surface area contributed by atoms with Gasteiger partial charge in [0.25, 0.3) is 5.91 Å². The Labute approximate surface area is 91.9 Å². The normalized spacial score (nSPS) is 9.75. The molecule has 2 aromatic rings. The molecule has 4 nitrogen and oxygen atoms in total. The van der Waals surface area contributed by atoms with Crippen LogP contribution < -0.4 is 10.7 Å². The summed E-state index contributed by atoms with van der Waals surface area (Å²) in [5.74, 6) is -0.330. The van der Waals surface area contributed by atoms with Gasteiger partial charge in [-0.1, -0.05) is 18.2 Å². The quantitative estimate of drug-likeness (QED) is 0.798. The van der Waals surface area contributed by atoms with Gasteiger partial charge in [0.15, 0.2) is 5.43 Å². The standard InChI is InChI=1S/C12H10N2O2/c15-10-6-7-13-11(8-10)12(16)14-9-4-2-1-3-5-9/h1-8H,(H,13,15)(H,14,16). The molecule has 0 atom stereocenters. The van der Waals surface area contributed by atoms with Crippen molar-refractivity contribution in [2.75, 3.05) is 5.32 Å². The van der Waals surface area contributed by atoms with E-state index in [0.29, 0.717) is 5.69 Å². The minimum absolute atomic E-state index is 0.197. The molecule has 0 unspecified atom stereocenters. The van der Waals surface area contributed by atoms with Crippen LogP contribution in [0.1, 0.15) is 10.5 Å². The molecule has 0 saturated heterocycles. The third-order valence-electron chi connectivity index (χ3n) is 2.05. The highest BCUT2D eigenvalue weighted by molar-refractivity contribution is 6.02. The predicted octanol–water partition coefficient (Wildman–Crippen LogP) is 1.63. The van der Waals surface area contributed by atoms with Gasteiger partial charge in [0, 0.05) is 24.0 Å². The fourth-order valence-corrected chi connectivity index (χ4v) is 1.30. The molecule has 0 saturated carbocycles. The van der Waals surface area contributed by atoms with Crippen molar-refractivity contribution in [2.24, 2.45) is 0 Å². The molecule has 0 fully saturated rings. The Balaban J connectivity index is 2.18. The van der Waals surface area contributed by atoms with Gasteiger partial charge < -0.3 is 10.3 Å². The highest BCUT2D eigenvalue weighted by Crippen LogP contribution is 2.06. The first-order chi connectivity index (χ1) is 7.75. The molecule has 0 aliphatic heterocycles. The number of carbonyl (C=O) groups is 1. The van der Waals surface area contributed by atoms with E-state index >= 15 is 0 Å². The highest BCUT2D eigenvalue weighted by atomic mass is 16.2. The maximum absolute atomic E-state index is 11.7. The van der Waals surface area contributed by atoms with Crippen LogP contribution in [0.2, 0.25) is 0 Å². The number of amides is 1. The summed E-state index contributed by atoms with van der Waals surface area (Å²) in [6, 6.07) is 11.7. The molecule has 2 rings (SSSR count). The topological polar surface area (TPSA) is 62.0 Å². The molecule has 1 aromatic heterocycles. The summed E-state index contributed by atoms with van der Waals surface area (Å²) < 4.78 is 0. The number of benzene rings is 1. The van der Waals surface area contributed by atoms with Crippen molar-refractivity contribution in [2.45, 2.75) is 0 Å². The molecular formula is C12H10N2O2. The Hall–Kier alpha value is -2.36.